The van der Waals surface area contributed by atoms with E-state index in [4.69, 9.17) is 9.26 Å². The van der Waals surface area contributed by atoms with Gasteiger partial charge in [-0.3, -0.25) is 0 Å². The number of carbonyl (C=O) groups is 1. The quantitative estimate of drug-likeness (QED) is 0.619. The van der Waals surface area contributed by atoms with Crippen LogP contribution in [0.15, 0.2) is 53.1 Å². The van der Waals surface area contributed by atoms with Gasteiger partial charge in [-0.05, 0) is 19.1 Å². The number of carbonyl (C=O) groups excluding carboxylic acids is 1. The predicted octanol–water partition coefficient (Wildman–Crippen LogP) is 4.00. The van der Waals surface area contributed by atoms with Crippen molar-refractivity contribution in [3.63, 3.8) is 0 Å². The number of alkyl halides is 2. The number of halogens is 2. The van der Waals surface area contributed by atoms with Gasteiger partial charge >= 0.3 is 12.6 Å². The lowest BCUT2D eigenvalue weighted by atomic mass is 10.1. The van der Waals surface area contributed by atoms with E-state index in [-0.39, 0.29) is 23.8 Å². The largest absolute Gasteiger partial charge is 0.452 e. The van der Waals surface area contributed by atoms with E-state index in [1.807, 2.05) is 31.2 Å². The van der Waals surface area contributed by atoms with Crippen molar-refractivity contribution in [2.24, 2.45) is 0 Å². The van der Waals surface area contributed by atoms with Crippen LogP contribution in [0, 0.1) is 6.92 Å². The maximum Gasteiger partial charge on any atom is 0.387 e. The smallest absolute Gasteiger partial charge is 0.387 e. The monoisotopic (exact) mass is 360 g/mol. The third-order valence-electron chi connectivity index (χ3n) is 3.43. The van der Waals surface area contributed by atoms with Crippen LogP contribution in [0.1, 0.15) is 21.8 Å². The molecule has 0 amide bonds. The van der Waals surface area contributed by atoms with Crippen molar-refractivity contribution in [2.75, 3.05) is 0 Å². The van der Waals surface area contributed by atoms with E-state index < -0.39 is 12.6 Å². The Bertz CT molecular complexity index is 894. The van der Waals surface area contributed by atoms with Crippen molar-refractivity contribution < 1.29 is 27.6 Å². The SMILES string of the molecule is Cc1ccc(-c2noc(COC(=O)c3ccccc3OC(F)F)n2)cc1. The molecule has 2 aromatic carbocycles. The van der Waals surface area contributed by atoms with Crippen molar-refractivity contribution in [3.05, 3.63) is 65.5 Å². The second-order valence-corrected chi connectivity index (χ2v) is 5.33. The Morgan fingerprint density at radius 3 is 2.62 bits per heavy atom. The van der Waals surface area contributed by atoms with Gasteiger partial charge in [0.05, 0.1) is 0 Å². The lowest BCUT2D eigenvalue weighted by molar-refractivity contribution is -0.0505. The molecule has 3 rings (SSSR count). The molecule has 0 N–H and O–H groups in total. The Morgan fingerprint density at radius 2 is 1.88 bits per heavy atom. The summed E-state index contributed by atoms with van der Waals surface area (Å²) in [5.41, 5.74) is 1.73. The highest BCUT2D eigenvalue weighted by Gasteiger charge is 2.18. The highest BCUT2D eigenvalue weighted by molar-refractivity contribution is 5.92. The highest BCUT2D eigenvalue weighted by Crippen LogP contribution is 2.22. The summed E-state index contributed by atoms with van der Waals surface area (Å²) in [4.78, 5) is 16.2. The lowest BCUT2D eigenvalue weighted by Crippen LogP contribution is -2.10. The van der Waals surface area contributed by atoms with E-state index in [0.29, 0.717) is 5.82 Å². The topological polar surface area (TPSA) is 74.5 Å². The fourth-order valence-electron chi connectivity index (χ4n) is 2.17. The lowest BCUT2D eigenvalue weighted by Gasteiger charge is -2.09. The van der Waals surface area contributed by atoms with Crippen LogP contribution in [0.4, 0.5) is 8.78 Å². The number of hydrogen-bond donors (Lipinski definition) is 0. The number of benzene rings is 2. The van der Waals surface area contributed by atoms with E-state index in [0.717, 1.165) is 11.1 Å². The molecule has 0 atom stereocenters. The van der Waals surface area contributed by atoms with Gasteiger partial charge in [-0.15, -0.1) is 0 Å². The predicted molar refractivity (Wildman–Crippen MR) is 86.7 cm³/mol. The number of aryl methyl sites for hydroxylation is 1. The van der Waals surface area contributed by atoms with Gasteiger partial charge in [-0.2, -0.15) is 13.8 Å². The first-order valence-corrected chi connectivity index (χ1v) is 7.63. The highest BCUT2D eigenvalue weighted by atomic mass is 19.3. The van der Waals surface area contributed by atoms with Crippen molar-refractivity contribution in [1.29, 1.82) is 0 Å². The summed E-state index contributed by atoms with van der Waals surface area (Å²) >= 11 is 0. The first-order chi connectivity index (χ1) is 12.5. The fraction of sp³-hybridized carbons (Fsp3) is 0.167. The van der Waals surface area contributed by atoms with Gasteiger partial charge in [-0.1, -0.05) is 47.1 Å². The Kier molecular flexibility index (Phi) is 5.21. The summed E-state index contributed by atoms with van der Waals surface area (Å²) in [5, 5.41) is 3.82. The fourth-order valence-corrected chi connectivity index (χ4v) is 2.17. The average molecular weight is 360 g/mol. The second-order valence-electron chi connectivity index (χ2n) is 5.33. The number of ether oxygens (including phenoxy) is 2. The van der Waals surface area contributed by atoms with Gasteiger partial charge in [0.2, 0.25) is 5.82 Å². The number of aromatic nitrogens is 2. The zero-order chi connectivity index (χ0) is 18.5. The molecule has 6 nitrogen and oxygen atoms in total. The molecule has 0 bridgehead atoms. The van der Waals surface area contributed by atoms with Crippen LogP contribution in [0.3, 0.4) is 0 Å². The summed E-state index contributed by atoms with van der Waals surface area (Å²) in [5.74, 6) is -0.659. The number of nitrogens with zero attached hydrogens (tertiary/aromatic N) is 2. The summed E-state index contributed by atoms with van der Waals surface area (Å²) in [6.07, 6.45) is 0. The first-order valence-electron chi connectivity index (χ1n) is 7.63. The van der Waals surface area contributed by atoms with Crippen molar-refractivity contribution >= 4 is 5.97 Å². The normalized spacial score (nSPS) is 10.8. The number of para-hydroxylation sites is 1. The van der Waals surface area contributed by atoms with E-state index in [1.54, 1.807) is 0 Å². The minimum atomic E-state index is -3.04. The molecule has 0 spiro atoms. The van der Waals surface area contributed by atoms with Crippen LogP contribution in [-0.4, -0.2) is 22.7 Å². The zero-order valence-corrected chi connectivity index (χ0v) is 13.7. The second kappa shape index (κ2) is 7.73. The minimum Gasteiger partial charge on any atom is -0.452 e. The van der Waals surface area contributed by atoms with Gasteiger partial charge in [-0.25, -0.2) is 4.79 Å². The van der Waals surface area contributed by atoms with E-state index in [9.17, 15) is 13.6 Å². The Hall–Kier alpha value is -3.29. The van der Waals surface area contributed by atoms with Crippen LogP contribution in [-0.2, 0) is 11.3 Å². The van der Waals surface area contributed by atoms with Crippen molar-refractivity contribution in [3.8, 4) is 17.1 Å². The first kappa shape index (κ1) is 17.5. The molecule has 0 fully saturated rings. The van der Waals surface area contributed by atoms with Crippen LogP contribution in [0.25, 0.3) is 11.4 Å². The van der Waals surface area contributed by atoms with Crippen LogP contribution in [0.5, 0.6) is 5.75 Å². The molecule has 0 aliphatic carbocycles. The summed E-state index contributed by atoms with van der Waals surface area (Å²) < 4.78 is 39.2. The average Bonchev–Trinajstić information content (AvgIpc) is 3.09. The number of esters is 1. The van der Waals surface area contributed by atoms with Crippen molar-refractivity contribution in [2.45, 2.75) is 20.1 Å². The van der Waals surface area contributed by atoms with E-state index >= 15 is 0 Å². The molecule has 3 aromatic rings. The molecule has 1 aromatic heterocycles. The van der Waals surface area contributed by atoms with Crippen LogP contribution < -0.4 is 4.74 Å². The van der Waals surface area contributed by atoms with E-state index in [1.165, 1.54) is 24.3 Å². The minimum absolute atomic E-state index is 0.0844. The number of hydrogen-bond acceptors (Lipinski definition) is 6. The molecule has 8 heteroatoms. The third kappa shape index (κ3) is 4.21. The molecule has 26 heavy (non-hydrogen) atoms. The molecular weight excluding hydrogens is 346 g/mol. The molecule has 0 aliphatic heterocycles. The van der Waals surface area contributed by atoms with Gasteiger partial charge in [0.25, 0.3) is 5.89 Å². The molecular formula is C18H14F2N2O4. The molecule has 0 saturated heterocycles. The third-order valence-corrected chi connectivity index (χ3v) is 3.43. The Morgan fingerprint density at radius 1 is 1.15 bits per heavy atom. The Balaban J connectivity index is 1.66. The number of rotatable bonds is 6. The van der Waals surface area contributed by atoms with Gasteiger partial charge < -0.3 is 14.0 Å². The van der Waals surface area contributed by atoms with Crippen molar-refractivity contribution in [1.82, 2.24) is 10.1 Å². The molecule has 0 aliphatic rings. The van der Waals surface area contributed by atoms with Crippen LogP contribution >= 0.6 is 0 Å². The molecule has 1 heterocycles. The molecule has 0 saturated carbocycles. The maximum atomic E-state index is 12.4. The van der Waals surface area contributed by atoms with Gasteiger partial charge in [0, 0.05) is 5.56 Å². The zero-order valence-electron chi connectivity index (χ0n) is 13.7. The standard InChI is InChI=1S/C18H14F2N2O4/c1-11-6-8-12(9-7-11)16-21-15(26-22-16)10-24-17(23)13-4-2-3-5-14(13)25-18(19)20/h2-9,18H,10H2,1H3. The van der Waals surface area contributed by atoms with Crippen LogP contribution in [0.2, 0.25) is 0 Å². The molecule has 0 unspecified atom stereocenters. The van der Waals surface area contributed by atoms with E-state index in [2.05, 4.69) is 14.9 Å². The van der Waals surface area contributed by atoms with Gasteiger partial charge in [0.15, 0.2) is 6.61 Å². The molecule has 134 valence electrons. The summed E-state index contributed by atoms with van der Waals surface area (Å²) in [6.45, 7) is -1.38. The summed E-state index contributed by atoms with van der Waals surface area (Å²) in [7, 11) is 0. The maximum absolute atomic E-state index is 12.4. The van der Waals surface area contributed by atoms with Gasteiger partial charge in [0.1, 0.15) is 11.3 Å². The summed E-state index contributed by atoms with van der Waals surface area (Å²) in [6, 6.07) is 13.1. The molecule has 0 radical (unpaired) electrons. The Labute approximate surface area is 147 Å².